The number of rotatable bonds is 5. The molecule has 0 N–H and O–H groups in total. The van der Waals surface area contributed by atoms with E-state index in [-0.39, 0.29) is 11.7 Å². The zero-order valence-corrected chi connectivity index (χ0v) is 21.3. The van der Waals surface area contributed by atoms with E-state index in [1.165, 1.54) is 5.39 Å². The van der Waals surface area contributed by atoms with E-state index in [4.69, 9.17) is 14.5 Å². The minimum atomic E-state index is -0.799. The average Bonchev–Trinajstić information content (AvgIpc) is 3.23. The lowest BCUT2D eigenvalue weighted by Gasteiger charge is -2.41. The van der Waals surface area contributed by atoms with Crippen LogP contribution in [0.1, 0.15) is 47.2 Å². The molecule has 6 nitrogen and oxygen atoms in total. The molecule has 2 aromatic heterocycles. The Morgan fingerprint density at radius 3 is 2.61 bits per heavy atom. The molecular weight excluding hydrogens is 472 g/mol. The molecule has 0 spiro atoms. The van der Waals surface area contributed by atoms with Crippen LogP contribution in [0.25, 0.3) is 31.6 Å². The molecule has 6 rings (SSSR count). The maximum atomic E-state index is 12.8. The number of ether oxygens (including phenoxy) is 2. The van der Waals surface area contributed by atoms with Gasteiger partial charge in [-0.25, -0.2) is 4.98 Å². The SMILES string of the molecule is Cc1c(-c2cc(C(=O)N=O)c3c(O[C@H]4C[C@H](C5CCOCC5)C4)ccc(C)c3n2)sc2ccccc12. The van der Waals surface area contributed by atoms with Gasteiger partial charge in [-0.1, -0.05) is 24.3 Å². The van der Waals surface area contributed by atoms with Crippen molar-refractivity contribution in [3.63, 3.8) is 0 Å². The summed E-state index contributed by atoms with van der Waals surface area (Å²) in [6.45, 7) is 5.74. The lowest BCUT2D eigenvalue weighted by Crippen LogP contribution is -2.39. The van der Waals surface area contributed by atoms with Crippen LogP contribution in [0.4, 0.5) is 0 Å². The number of pyridine rings is 1. The Kier molecular flexibility index (Phi) is 6.05. The van der Waals surface area contributed by atoms with Gasteiger partial charge in [0.1, 0.15) is 5.75 Å². The van der Waals surface area contributed by atoms with Crippen LogP contribution in [0.5, 0.6) is 5.75 Å². The lowest BCUT2D eigenvalue weighted by molar-refractivity contribution is -0.0150. The minimum absolute atomic E-state index is 0.0976. The highest BCUT2D eigenvalue weighted by molar-refractivity contribution is 7.22. The van der Waals surface area contributed by atoms with Gasteiger partial charge < -0.3 is 9.47 Å². The summed E-state index contributed by atoms with van der Waals surface area (Å²) in [6, 6.07) is 13.8. The fraction of sp³-hybridized carbons (Fsp3) is 0.379. The van der Waals surface area contributed by atoms with Crippen molar-refractivity contribution in [2.45, 2.75) is 45.6 Å². The number of carbonyl (C=O) groups excluding carboxylic acids is 1. The van der Waals surface area contributed by atoms with Crippen molar-refractivity contribution in [2.24, 2.45) is 17.0 Å². The maximum absolute atomic E-state index is 12.8. The number of hydrogen-bond donors (Lipinski definition) is 0. The number of benzene rings is 2. The van der Waals surface area contributed by atoms with Crippen LogP contribution >= 0.6 is 11.3 Å². The predicted octanol–water partition coefficient (Wildman–Crippen LogP) is 7.22. The molecule has 1 amide bonds. The summed E-state index contributed by atoms with van der Waals surface area (Å²) >= 11 is 1.64. The van der Waals surface area contributed by atoms with E-state index in [1.807, 2.05) is 31.2 Å². The first-order valence-electron chi connectivity index (χ1n) is 12.6. The van der Waals surface area contributed by atoms with Gasteiger partial charge in [-0.05, 0) is 86.1 Å². The molecule has 2 aromatic carbocycles. The number of aryl methyl sites for hydroxylation is 2. The van der Waals surface area contributed by atoms with Gasteiger partial charge in [0, 0.05) is 23.1 Å². The van der Waals surface area contributed by atoms with Gasteiger partial charge >= 0.3 is 5.91 Å². The molecule has 0 bridgehead atoms. The Morgan fingerprint density at radius 2 is 1.86 bits per heavy atom. The van der Waals surface area contributed by atoms with Gasteiger partial charge in [0.25, 0.3) is 0 Å². The Bertz CT molecular complexity index is 1480. The molecule has 2 fully saturated rings. The van der Waals surface area contributed by atoms with Crippen LogP contribution in [-0.4, -0.2) is 30.2 Å². The molecular formula is C29H28N2O4S. The van der Waals surface area contributed by atoms with Crippen molar-refractivity contribution in [3.8, 4) is 16.3 Å². The summed E-state index contributed by atoms with van der Waals surface area (Å²) in [5.74, 6) is 1.17. The zero-order valence-electron chi connectivity index (χ0n) is 20.5. The fourth-order valence-corrected chi connectivity index (χ4v) is 6.92. The molecule has 36 heavy (non-hydrogen) atoms. The van der Waals surface area contributed by atoms with E-state index in [0.29, 0.717) is 34.2 Å². The monoisotopic (exact) mass is 500 g/mol. The molecule has 1 saturated heterocycles. The Hall–Kier alpha value is -3.16. The third kappa shape index (κ3) is 4.00. The standard InChI is InChI=1S/C29H28N2O4S/c1-16-7-8-24(35-20-13-19(14-20)18-9-11-34-12-10-18)26-22(29(32)31-33)15-23(30-27(16)26)28-17(2)21-5-3-4-6-25(21)36-28/h3-8,15,18-20H,9-14H2,1-2H3/t19-,20-. The van der Waals surface area contributed by atoms with Crippen molar-refractivity contribution >= 4 is 38.2 Å². The normalized spacial score (nSPS) is 20.4. The van der Waals surface area contributed by atoms with E-state index < -0.39 is 5.91 Å². The Balaban J connectivity index is 1.39. The number of aromatic nitrogens is 1. The summed E-state index contributed by atoms with van der Waals surface area (Å²) in [6.07, 6.45) is 4.35. The van der Waals surface area contributed by atoms with Crippen molar-refractivity contribution in [1.29, 1.82) is 0 Å². The van der Waals surface area contributed by atoms with E-state index >= 15 is 0 Å². The number of thiophene rings is 1. The third-order valence-corrected chi connectivity index (χ3v) is 9.17. The Labute approximate surface area is 213 Å². The molecule has 0 atom stereocenters. The molecule has 1 aliphatic carbocycles. The van der Waals surface area contributed by atoms with Crippen molar-refractivity contribution in [2.75, 3.05) is 13.2 Å². The average molecular weight is 501 g/mol. The number of carbonyl (C=O) groups is 1. The Morgan fingerprint density at radius 1 is 1.08 bits per heavy atom. The molecule has 0 unspecified atom stereocenters. The smallest absolute Gasteiger partial charge is 0.317 e. The zero-order chi connectivity index (χ0) is 24.8. The highest BCUT2D eigenvalue weighted by Crippen LogP contribution is 2.44. The van der Waals surface area contributed by atoms with Crippen molar-refractivity contribution in [3.05, 3.63) is 64.1 Å². The molecule has 184 valence electrons. The summed E-state index contributed by atoms with van der Waals surface area (Å²) in [5, 5.41) is 4.53. The van der Waals surface area contributed by atoms with E-state index in [9.17, 15) is 9.70 Å². The first-order chi connectivity index (χ1) is 17.5. The second-order valence-electron chi connectivity index (χ2n) is 10.0. The van der Waals surface area contributed by atoms with Crippen LogP contribution in [0.2, 0.25) is 0 Å². The van der Waals surface area contributed by atoms with Gasteiger partial charge in [-0.3, -0.25) is 4.79 Å². The first kappa shape index (κ1) is 23.3. The van der Waals surface area contributed by atoms with Crippen molar-refractivity contribution < 1.29 is 14.3 Å². The molecule has 3 heterocycles. The summed E-state index contributed by atoms with van der Waals surface area (Å²) < 4.78 is 13.1. The largest absolute Gasteiger partial charge is 0.490 e. The molecule has 1 saturated carbocycles. The molecule has 1 aliphatic heterocycles. The highest BCUT2D eigenvalue weighted by Gasteiger charge is 2.37. The van der Waals surface area contributed by atoms with Crippen LogP contribution in [0.15, 0.2) is 47.6 Å². The predicted molar refractivity (Wildman–Crippen MR) is 143 cm³/mol. The number of nitrogens with zero attached hydrogens (tertiary/aromatic N) is 2. The second-order valence-corrected chi connectivity index (χ2v) is 11.1. The molecule has 7 heteroatoms. The van der Waals surface area contributed by atoms with Crippen LogP contribution in [0, 0.1) is 30.6 Å². The number of hydrogen-bond acceptors (Lipinski definition) is 6. The molecule has 4 aromatic rings. The van der Waals surface area contributed by atoms with E-state index in [1.54, 1.807) is 17.4 Å². The van der Waals surface area contributed by atoms with Gasteiger partial charge in [0.15, 0.2) is 0 Å². The summed E-state index contributed by atoms with van der Waals surface area (Å²) in [7, 11) is 0. The number of nitroso groups, excluding NO2 is 1. The van der Waals surface area contributed by atoms with Gasteiger partial charge in [-0.2, -0.15) is 0 Å². The van der Waals surface area contributed by atoms with Gasteiger partial charge in [-0.15, -0.1) is 16.2 Å². The third-order valence-electron chi connectivity index (χ3n) is 7.87. The van der Waals surface area contributed by atoms with Gasteiger partial charge in [0.2, 0.25) is 0 Å². The fourth-order valence-electron chi connectivity index (χ4n) is 5.75. The maximum Gasteiger partial charge on any atom is 0.317 e. The molecule has 2 aliphatic rings. The van der Waals surface area contributed by atoms with Crippen LogP contribution < -0.4 is 4.74 Å². The summed E-state index contributed by atoms with van der Waals surface area (Å²) in [5.41, 5.74) is 3.64. The van der Waals surface area contributed by atoms with Crippen LogP contribution in [-0.2, 0) is 4.74 Å². The van der Waals surface area contributed by atoms with Gasteiger partial charge in [0.05, 0.1) is 33.1 Å². The highest BCUT2D eigenvalue weighted by atomic mass is 32.1. The van der Waals surface area contributed by atoms with E-state index in [0.717, 1.165) is 59.6 Å². The van der Waals surface area contributed by atoms with Crippen LogP contribution in [0.3, 0.4) is 0 Å². The first-order valence-corrected chi connectivity index (χ1v) is 13.4. The lowest BCUT2D eigenvalue weighted by atomic mass is 9.71. The number of fused-ring (bicyclic) bond motifs is 2. The second kappa shape index (κ2) is 9.37. The minimum Gasteiger partial charge on any atom is -0.490 e. The van der Waals surface area contributed by atoms with E-state index in [2.05, 4.69) is 24.2 Å². The topological polar surface area (TPSA) is 77.9 Å². The quantitative estimate of drug-likeness (QED) is 0.270. The number of amides is 1. The summed E-state index contributed by atoms with van der Waals surface area (Å²) in [4.78, 5) is 30.2. The van der Waals surface area contributed by atoms with Crippen molar-refractivity contribution in [1.82, 2.24) is 4.98 Å². The molecule has 0 radical (unpaired) electrons.